The van der Waals surface area contributed by atoms with Crippen LogP contribution in [-0.2, 0) is 0 Å². The number of ether oxygens (including phenoxy) is 1. The summed E-state index contributed by atoms with van der Waals surface area (Å²) in [6.07, 6.45) is 0. The second-order valence-electron chi connectivity index (χ2n) is 7.34. The summed E-state index contributed by atoms with van der Waals surface area (Å²) in [7, 11) is 0. The number of rotatable bonds is 7. The fraction of sp³-hybridized carbons (Fsp3) is 0.167. The summed E-state index contributed by atoms with van der Waals surface area (Å²) in [5, 5.41) is 6.16. The molecule has 0 saturated heterocycles. The van der Waals surface area contributed by atoms with Crippen molar-refractivity contribution in [2.45, 2.75) is 13.8 Å². The molecule has 0 bridgehead atoms. The summed E-state index contributed by atoms with van der Waals surface area (Å²) in [6, 6.07) is 18.9. The van der Waals surface area contributed by atoms with E-state index in [0.717, 1.165) is 4.47 Å². The number of hydrogen-bond donors (Lipinski definition) is 2. The minimum Gasteiger partial charge on any atom is -0.492 e. The number of hydrogen-bond acceptors (Lipinski definition) is 3. The number of carbonyl (C=O) groups excluding carboxylic acids is 2. The molecule has 0 aliphatic rings. The van der Waals surface area contributed by atoms with Gasteiger partial charge in [0.1, 0.15) is 5.75 Å². The van der Waals surface area contributed by atoms with Crippen LogP contribution in [0.25, 0.3) is 0 Å². The van der Waals surface area contributed by atoms with Crippen LogP contribution in [0.4, 0.5) is 11.4 Å². The molecule has 3 aromatic rings. The Morgan fingerprint density at radius 3 is 2.32 bits per heavy atom. The molecule has 2 amide bonds. The van der Waals surface area contributed by atoms with Crippen molar-refractivity contribution >= 4 is 50.7 Å². The third-order valence-electron chi connectivity index (χ3n) is 4.22. The summed E-state index contributed by atoms with van der Waals surface area (Å²) in [5.74, 6) is 0.202. The lowest BCUT2D eigenvalue weighted by molar-refractivity contribution is 0.101. The smallest absolute Gasteiger partial charge is 0.259 e. The molecule has 160 valence electrons. The predicted molar refractivity (Wildman–Crippen MR) is 128 cm³/mol. The van der Waals surface area contributed by atoms with E-state index in [1.54, 1.807) is 60.7 Å². The molecular weight excluding hydrogens is 480 g/mol. The molecule has 5 nitrogen and oxygen atoms in total. The quantitative estimate of drug-likeness (QED) is 0.381. The summed E-state index contributed by atoms with van der Waals surface area (Å²) in [6.45, 7) is 4.58. The van der Waals surface area contributed by atoms with E-state index < -0.39 is 0 Å². The molecule has 0 spiro atoms. The zero-order chi connectivity index (χ0) is 22.4. The van der Waals surface area contributed by atoms with Crippen LogP contribution in [0.3, 0.4) is 0 Å². The number of nitrogens with one attached hydrogen (secondary N) is 2. The van der Waals surface area contributed by atoms with E-state index in [1.165, 1.54) is 0 Å². The Labute approximate surface area is 194 Å². The third-order valence-corrected chi connectivity index (χ3v) is 4.95. The topological polar surface area (TPSA) is 67.4 Å². The minimum atomic E-state index is -0.326. The lowest BCUT2D eigenvalue weighted by Gasteiger charge is -2.14. The zero-order valence-electron chi connectivity index (χ0n) is 17.1. The monoisotopic (exact) mass is 500 g/mol. The van der Waals surface area contributed by atoms with Gasteiger partial charge in [0.05, 0.1) is 12.2 Å². The highest BCUT2D eigenvalue weighted by molar-refractivity contribution is 9.10. The standard InChI is InChI=1S/C24H22BrClN2O3/c1-15(2)14-31-22-10-9-17(25)12-21(22)24(30)28-19-7-3-5-16(11-19)23(29)27-20-8-4-6-18(26)13-20/h3-13,15H,14H2,1-2H3,(H,27,29)(H,28,30). The average Bonchev–Trinajstić information content (AvgIpc) is 2.73. The third kappa shape index (κ3) is 6.57. The van der Waals surface area contributed by atoms with Crippen molar-refractivity contribution < 1.29 is 14.3 Å². The first kappa shape index (κ1) is 22.8. The van der Waals surface area contributed by atoms with E-state index in [2.05, 4.69) is 26.6 Å². The van der Waals surface area contributed by atoms with Gasteiger partial charge in [-0.2, -0.15) is 0 Å². The molecule has 0 radical (unpaired) electrons. The summed E-state index contributed by atoms with van der Waals surface area (Å²) in [5.41, 5.74) is 1.90. The molecule has 0 aromatic heterocycles. The van der Waals surface area contributed by atoms with Crippen molar-refractivity contribution in [3.05, 3.63) is 87.4 Å². The van der Waals surface area contributed by atoms with Crippen LogP contribution in [0.1, 0.15) is 34.6 Å². The van der Waals surface area contributed by atoms with E-state index in [-0.39, 0.29) is 11.8 Å². The van der Waals surface area contributed by atoms with Gasteiger partial charge in [-0.25, -0.2) is 0 Å². The van der Waals surface area contributed by atoms with E-state index in [0.29, 0.717) is 45.8 Å². The largest absolute Gasteiger partial charge is 0.492 e. The van der Waals surface area contributed by atoms with Crippen molar-refractivity contribution in [3.8, 4) is 5.75 Å². The maximum absolute atomic E-state index is 12.9. The van der Waals surface area contributed by atoms with Crippen molar-refractivity contribution in [1.82, 2.24) is 0 Å². The van der Waals surface area contributed by atoms with Gasteiger partial charge in [-0.3, -0.25) is 9.59 Å². The first-order chi connectivity index (χ1) is 14.8. The van der Waals surface area contributed by atoms with Gasteiger partial charge in [0.15, 0.2) is 0 Å². The fourth-order valence-corrected chi connectivity index (χ4v) is 3.32. The van der Waals surface area contributed by atoms with E-state index in [4.69, 9.17) is 16.3 Å². The molecule has 0 unspecified atom stereocenters. The van der Waals surface area contributed by atoms with Crippen molar-refractivity contribution in [3.63, 3.8) is 0 Å². The lowest BCUT2D eigenvalue weighted by atomic mass is 10.1. The molecule has 0 heterocycles. The van der Waals surface area contributed by atoms with Gasteiger partial charge in [0.25, 0.3) is 11.8 Å². The zero-order valence-corrected chi connectivity index (χ0v) is 19.5. The number of amides is 2. The van der Waals surface area contributed by atoms with Gasteiger partial charge in [0.2, 0.25) is 0 Å². The Morgan fingerprint density at radius 1 is 0.935 bits per heavy atom. The molecule has 0 aliphatic heterocycles. The van der Waals surface area contributed by atoms with E-state index >= 15 is 0 Å². The SMILES string of the molecule is CC(C)COc1ccc(Br)cc1C(=O)Nc1cccc(C(=O)Nc2cccc(Cl)c2)c1. The van der Waals surface area contributed by atoms with Gasteiger partial charge >= 0.3 is 0 Å². The number of halogens is 2. The first-order valence-electron chi connectivity index (χ1n) is 9.72. The van der Waals surface area contributed by atoms with Crippen LogP contribution >= 0.6 is 27.5 Å². The van der Waals surface area contributed by atoms with Crippen LogP contribution in [-0.4, -0.2) is 18.4 Å². The van der Waals surface area contributed by atoms with E-state index in [1.807, 2.05) is 19.9 Å². The highest BCUT2D eigenvalue weighted by Crippen LogP contribution is 2.25. The summed E-state index contributed by atoms with van der Waals surface area (Å²) >= 11 is 9.37. The van der Waals surface area contributed by atoms with Crippen LogP contribution in [0.5, 0.6) is 5.75 Å². The molecular formula is C24H22BrClN2O3. The number of anilines is 2. The lowest BCUT2D eigenvalue weighted by Crippen LogP contribution is -2.16. The molecule has 0 atom stereocenters. The van der Waals surface area contributed by atoms with Gasteiger partial charge in [-0.05, 0) is 60.5 Å². The molecule has 0 aliphatic carbocycles. The van der Waals surface area contributed by atoms with Crippen molar-refractivity contribution in [1.29, 1.82) is 0 Å². The number of carbonyl (C=O) groups is 2. The van der Waals surface area contributed by atoms with Crippen molar-refractivity contribution in [2.75, 3.05) is 17.2 Å². The average molecular weight is 502 g/mol. The Kier molecular flexibility index (Phi) is 7.71. The molecule has 31 heavy (non-hydrogen) atoms. The van der Waals surface area contributed by atoms with Crippen LogP contribution in [0.15, 0.2) is 71.2 Å². The minimum absolute atomic E-state index is 0.304. The van der Waals surface area contributed by atoms with Gasteiger partial charge in [-0.15, -0.1) is 0 Å². The first-order valence-corrected chi connectivity index (χ1v) is 10.9. The van der Waals surface area contributed by atoms with Gasteiger partial charge < -0.3 is 15.4 Å². The molecule has 3 rings (SSSR count). The second-order valence-corrected chi connectivity index (χ2v) is 8.70. The maximum Gasteiger partial charge on any atom is 0.259 e. The predicted octanol–water partition coefficient (Wildman–Crippen LogP) is 6.64. The fourth-order valence-electron chi connectivity index (χ4n) is 2.77. The Morgan fingerprint density at radius 2 is 1.61 bits per heavy atom. The summed E-state index contributed by atoms with van der Waals surface area (Å²) < 4.78 is 6.56. The highest BCUT2D eigenvalue weighted by Gasteiger charge is 2.15. The maximum atomic E-state index is 12.9. The van der Waals surface area contributed by atoms with Crippen molar-refractivity contribution in [2.24, 2.45) is 5.92 Å². The highest BCUT2D eigenvalue weighted by atomic mass is 79.9. The normalized spacial score (nSPS) is 10.6. The molecule has 0 saturated carbocycles. The van der Waals surface area contributed by atoms with E-state index in [9.17, 15) is 9.59 Å². The van der Waals surface area contributed by atoms with Gasteiger partial charge in [-0.1, -0.05) is 53.5 Å². The molecule has 3 aromatic carbocycles. The molecule has 0 fully saturated rings. The molecule has 2 N–H and O–H groups in total. The Balaban J connectivity index is 1.75. The number of benzene rings is 3. The molecule has 7 heteroatoms. The van der Waals surface area contributed by atoms with Crippen LogP contribution in [0, 0.1) is 5.92 Å². The Hall–Kier alpha value is -2.83. The van der Waals surface area contributed by atoms with Gasteiger partial charge in [0, 0.05) is 26.4 Å². The Bertz CT molecular complexity index is 1100. The van der Waals surface area contributed by atoms with Crippen LogP contribution < -0.4 is 15.4 Å². The second kappa shape index (κ2) is 10.5. The van der Waals surface area contributed by atoms with Crippen LogP contribution in [0.2, 0.25) is 5.02 Å². The summed E-state index contributed by atoms with van der Waals surface area (Å²) in [4.78, 5) is 25.5.